The highest BCUT2D eigenvalue weighted by atomic mass is 79.9. The first-order valence-corrected chi connectivity index (χ1v) is 8.18. The van der Waals surface area contributed by atoms with Crippen molar-refractivity contribution in [3.63, 3.8) is 0 Å². The SMILES string of the molecule is CC1Cc2ccccc2N(C(=O)c2ccc(Br)cc2S)C1. The molecule has 1 unspecified atom stereocenters. The van der Waals surface area contributed by atoms with Gasteiger partial charge in [-0.2, -0.15) is 0 Å². The number of amides is 1. The molecule has 0 fully saturated rings. The molecule has 2 nitrogen and oxygen atoms in total. The number of hydrogen-bond acceptors (Lipinski definition) is 2. The van der Waals surface area contributed by atoms with Crippen LogP contribution in [0.3, 0.4) is 0 Å². The van der Waals surface area contributed by atoms with Crippen molar-refractivity contribution in [3.05, 3.63) is 58.1 Å². The van der Waals surface area contributed by atoms with Crippen LogP contribution >= 0.6 is 28.6 Å². The van der Waals surface area contributed by atoms with Crippen LogP contribution in [-0.4, -0.2) is 12.5 Å². The Morgan fingerprint density at radius 3 is 2.81 bits per heavy atom. The second-order valence-corrected chi connectivity index (χ2v) is 6.91. The number of thiol groups is 1. The number of halogens is 1. The van der Waals surface area contributed by atoms with Crippen molar-refractivity contribution >= 4 is 40.2 Å². The Morgan fingerprint density at radius 1 is 1.29 bits per heavy atom. The number of benzene rings is 2. The van der Waals surface area contributed by atoms with Crippen LogP contribution in [0.5, 0.6) is 0 Å². The molecule has 0 N–H and O–H groups in total. The molecule has 2 aromatic rings. The van der Waals surface area contributed by atoms with Crippen molar-refractivity contribution in [1.29, 1.82) is 0 Å². The molecule has 21 heavy (non-hydrogen) atoms. The molecule has 0 saturated carbocycles. The van der Waals surface area contributed by atoms with Crippen molar-refractivity contribution in [1.82, 2.24) is 0 Å². The number of hydrogen-bond donors (Lipinski definition) is 1. The molecule has 108 valence electrons. The van der Waals surface area contributed by atoms with Gasteiger partial charge in [0.15, 0.2) is 0 Å². The van der Waals surface area contributed by atoms with E-state index in [2.05, 4.69) is 41.5 Å². The summed E-state index contributed by atoms with van der Waals surface area (Å²) < 4.78 is 0.927. The summed E-state index contributed by atoms with van der Waals surface area (Å²) in [5.74, 6) is 0.481. The maximum atomic E-state index is 12.9. The molecule has 0 spiro atoms. The standard InChI is InChI=1S/C17H16BrNOS/c1-11-8-12-4-2-3-5-15(12)19(10-11)17(20)14-7-6-13(18)9-16(14)21/h2-7,9,11,21H,8,10H2,1H3. The lowest BCUT2D eigenvalue weighted by molar-refractivity contribution is 0.0978. The maximum Gasteiger partial charge on any atom is 0.259 e. The summed E-state index contributed by atoms with van der Waals surface area (Å²) >= 11 is 7.84. The number of rotatable bonds is 1. The fourth-order valence-corrected chi connectivity index (χ4v) is 3.67. The third kappa shape index (κ3) is 2.87. The third-order valence-electron chi connectivity index (χ3n) is 3.78. The Bertz CT molecular complexity index is 701. The second kappa shape index (κ2) is 5.85. The van der Waals surface area contributed by atoms with Crippen molar-refractivity contribution in [2.24, 2.45) is 5.92 Å². The largest absolute Gasteiger partial charge is 0.308 e. The second-order valence-electron chi connectivity index (χ2n) is 5.52. The molecule has 3 rings (SSSR count). The molecule has 0 saturated heterocycles. The number of carbonyl (C=O) groups excluding carboxylic acids is 1. The summed E-state index contributed by atoms with van der Waals surface area (Å²) in [7, 11) is 0. The molecule has 1 aliphatic heterocycles. The van der Waals surface area contributed by atoms with Gasteiger partial charge in [0.25, 0.3) is 5.91 Å². The van der Waals surface area contributed by atoms with Crippen molar-refractivity contribution < 1.29 is 4.79 Å². The molecule has 4 heteroatoms. The molecule has 0 aromatic heterocycles. The molecule has 1 aliphatic rings. The van der Waals surface area contributed by atoms with Gasteiger partial charge in [0, 0.05) is 21.6 Å². The molecule has 0 radical (unpaired) electrons. The number of nitrogens with zero attached hydrogens (tertiary/aromatic N) is 1. The zero-order valence-electron chi connectivity index (χ0n) is 11.7. The Morgan fingerprint density at radius 2 is 2.05 bits per heavy atom. The van der Waals surface area contributed by atoms with E-state index in [0.717, 1.165) is 23.1 Å². The van der Waals surface area contributed by atoms with Gasteiger partial charge in [-0.25, -0.2) is 0 Å². The van der Waals surface area contributed by atoms with Crippen LogP contribution in [0, 0.1) is 5.92 Å². The van der Waals surface area contributed by atoms with E-state index in [9.17, 15) is 4.79 Å². The van der Waals surface area contributed by atoms with Gasteiger partial charge in [-0.1, -0.05) is 41.1 Å². The first-order chi connectivity index (χ1) is 10.1. The van der Waals surface area contributed by atoms with Crippen LogP contribution in [0.2, 0.25) is 0 Å². The molecular formula is C17H16BrNOS. The lowest BCUT2D eigenvalue weighted by Crippen LogP contribution is -2.39. The molecule has 2 aromatic carbocycles. The van der Waals surface area contributed by atoms with Crippen LogP contribution in [0.4, 0.5) is 5.69 Å². The van der Waals surface area contributed by atoms with E-state index in [-0.39, 0.29) is 5.91 Å². The summed E-state index contributed by atoms with van der Waals surface area (Å²) in [6.07, 6.45) is 1.02. The third-order valence-corrected chi connectivity index (χ3v) is 4.64. The zero-order valence-corrected chi connectivity index (χ0v) is 14.2. The topological polar surface area (TPSA) is 20.3 Å². The van der Waals surface area contributed by atoms with E-state index < -0.39 is 0 Å². The molecule has 1 heterocycles. The van der Waals surface area contributed by atoms with E-state index in [1.807, 2.05) is 41.3 Å². The van der Waals surface area contributed by atoms with Gasteiger partial charge in [-0.3, -0.25) is 4.79 Å². The van der Waals surface area contributed by atoms with Crippen LogP contribution in [0.15, 0.2) is 51.8 Å². The highest BCUT2D eigenvalue weighted by Gasteiger charge is 2.27. The van der Waals surface area contributed by atoms with Gasteiger partial charge < -0.3 is 4.90 Å². The first-order valence-electron chi connectivity index (χ1n) is 6.94. The predicted molar refractivity (Wildman–Crippen MR) is 92.4 cm³/mol. The summed E-state index contributed by atoms with van der Waals surface area (Å²) in [6.45, 7) is 2.93. The quantitative estimate of drug-likeness (QED) is 0.737. The highest BCUT2D eigenvalue weighted by molar-refractivity contribution is 9.10. The monoisotopic (exact) mass is 361 g/mol. The smallest absolute Gasteiger partial charge is 0.259 e. The van der Waals surface area contributed by atoms with E-state index in [0.29, 0.717) is 16.4 Å². The lowest BCUT2D eigenvalue weighted by Gasteiger charge is -2.33. The number of anilines is 1. The average molecular weight is 362 g/mol. The highest BCUT2D eigenvalue weighted by Crippen LogP contribution is 2.32. The fraction of sp³-hybridized carbons (Fsp3) is 0.235. The first kappa shape index (κ1) is 14.7. The number of para-hydroxylation sites is 1. The molecule has 0 aliphatic carbocycles. The van der Waals surface area contributed by atoms with Gasteiger partial charge in [-0.15, -0.1) is 12.6 Å². The summed E-state index contributed by atoms with van der Waals surface area (Å²) in [5.41, 5.74) is 2.91. The van der Waals surface area contributed by atoms with Crippen LogP contribution in [0.25, 0.3) is 0 Å². The Labute approximate surface area is 138 Å². The minimum absolute atomic E-state index is 0.0199. The van der Waals surface area contributed by atoms with Gasteiger partial charge >= 0.3 is 0 Å². The van der Waals surface area contributed by atoms with Crippen molar-refractivity contribution in [2.45, 2.75) is 18.2 Å². The molecule has 1 atom stereocenters. The Hall–Kier alpha value is -1.26. The normalized spacial score (nSPS) is 17.5. The van der Waals surface area contributed by atoms with E-state index >= 15 is 0 Å². The van der Waals surface area contributed by atoms with Crippen LogP contribution in [-0.2, 0) is 6.42 Å². The van der Waals surface area contributed by atoms with E-state index in [1.165, 1.54) is 5.56 Å². The number of carbonyl (C=O) groups is 1. The lowest BCUT2D eigenvalue weighted by atomic mass is 9.93. The Kier molecular flexibility index (Phi) is 4.09. The molecular weight excluding hydrogens is 346 g/mol. The molecule has 1 amide bonds. The van der Waals surface area contributed by atoms with Gasteiger partial charge in [0.05, 0.1) is 5.56 Å². The maximum absolute atomic E-state index is 12.9. The minimum atomic E-state index is 0.0199. The van der Waals surface area contributed by atoms with E-state index in [4.69, 9.17) is 0 Å². The summed E-state index contributed by atoms with van der Waals surface area (Å²) in [5, 5.41) is 0. The van der Waals surface area contributed by atoms with Gasteiger partial charge in [-0.05, 0) is 42.2 Å². The average Bonchev–Trinajstić information content (AvgIpc) is 2.45. The number of fused-ring (bicyclic) bond motifs is 1. The van der Waals surface area contributed by atoms with Crippen molar-refractivity contribution in [3.8, 4) is 0 Å². The van der Waals surface area contributed by atoms with E-state index in [1.54, 1.807) is 0 Å². The minimum Gasteiger partial charge on any atom is -0.308 e. The van der Waals surface area contributed by atoms with Crippen molar-refractivity contribution in [2.75, 3.05) is 11.4 Å². The Balaban J connectivity index is 2.02. The van der Waals surface area contributed by atoms with Crippen LogP contribution in [0.1, 0.15) is 22.8 Å². The summed E-state index contributed by atoms with van der Waals surface area (Å²) in [6, 6.07) is 13.7. The molecule has 0 bridgehead atoms. The fourth-order valence-electron chi connectivity index (χ4n) is 2.82. The van der Waals surface area contributed by atoms with Gasteiger partial charge in [0.1, 0.15) is 0 Å². The van der Waals surface area contributed by atoms with Gasteiger partial charge in [0.2, 0.25) is 0 Å². The zero-order chi connectivity index (χ0) is 15.0. The summed E-state index contributed by atoms with van der Waals surface area (Å²) in [4.78, 5) is 15.5. The predicted octanol–water partition coefficient (Wildman–Crippen LogP) is 4.58. The van der Waals surface area contributed by atoms with Crippen LogP contribution < -0.4 is 4.90 Å².